The predicted molar refractivity (Wildman–Crippen MR) is 81.3 cm³/mol. The van der Waals surface area contributed by atoms with E-state index in [0.29, 0.717) is 12.1 Å². The summed E-state index contributed by atoms with van der Waals surface area (Å²) >= 11 is 0. The lowest BCUT2D eigenvalue weighted by Crippen LogP contribution is -2.52. The Bertz CT molecular complexity index is 555. The standard InChI is InChI=1S/C17H22N2/c1-12(15-10-18-11-15)19-13(2)16-9-5-7-14-6-3-4-8-17(14)16/h3-9,12-13,15,18-19H,10-11H2,1-2H3/t12?,13-/m1/s1. The van der Waals surface area contributed by atoms with Gasteiger partial charge in [0.25, 0.3) is 0 Å². The molecule has 1 saturated heterocycles. The van der Waals surface area contributed by atoms with Crippen LogP contribution in [0, 0.1) is 5.92 Å². The van der Waals surface area contributed by atoms with Crippen molar-refractivity contribution in [3.05, 3.63) is 48.0 Å². The van der Waals surface area contributed by atoms with Crippen molar-refractivity contribution in [2.45, 2.75) is 25.9 Å². The zero-order valence-corrected chi connectivity index (χ0v) is 11.7. The Hall–Kier alpha value is -1.38. The van der Waals surface area contributed by atoms with Crippen LogP contribution in [-0.2, 0) is 0 Å². The van der Waals surface area contributed by atoms with Gasteiger partial charge < -0.3 is 10.6 Å². The molecule has 1 aliphatic heterocycles. The highest BCUT2D eigenvalue weighted by molar-refractivity contribution is 5.86. The molecule has 0 saturated carbocycles. The Balaban J connectivity index is 1.82. The molecule has 1 unspecified atom stereocenters. The van der Waals surface area contributed by atoms with Gasteiger partial charge in [0.1, 0.15) is 0 Å². The minimum Gasteiger partial charge on any atom is -0.316 e. The van der Waals surface area contributed by atoms with Gasteiger partial charge in [0, 0.05) is 25.2 Å². The summed E-state index contributed by atoms with van der Waals surface area (Å²) in [5, 5.41) is 9.79. The molecule has 0 spiro atoms. The summed E-state index contributed by atoms with van der Waals surface area (Å²) in [5.41, 5.74) is 1.40. The van der Waals surface area contributed by atoms with Gasteiger partial charge in [-0.1, -0.05) is 42.5 Å². The van der Waals surface area contributed by atoms with E-state index >= 15 is 0 Å². The number of rotatable bonds is 4. The first-order valence-corrected chi connectivity index (χ1v) is 7.20. The van der Waals surface area contributed by atoms with Crippen LogP contribution in [0.15, 0.2) is 42.5 Å². The molecule has 0 amide bonds. The normalized spacial score (nSPS) is 19.1. The quantitative estimate of drug-likeness (QED) is 0.876. The van der Waals surface area contributed by atoms with Crippen LogP contribution in [0.1, 0.15) is 25.5 Å². The van der Waals surface area contributed by atoms with Crippen molar-refractivity contribution >= 4 is 10.8 Å². The zero-order valence-electron chi connectivity index (χ0n) is 11.7. The van der Waals surface area contributed by atoms with Crippen LogP contribution in [0.25, 0.3) is 10.8 Å². The molecule has 2 N–H and O–H groups in total. The molecule has 19 heavy (non-hydrogen) atoms. The second-order valence-corrected chi connectivity index (χ2v) is 5.66. The molecule has 2 nitrogen and oxygen atoms in total. The number of hydrogen-bond acceptors (Lipinski definition) is 2. The first-order valence-electron chi connectivity index (χ1n) is 7.20. The lowest BCUT2D eigenvalue weighted by atomic mass is 9.93. The zero-order chi connectivity index (χ0) is 13.2. The maximum absolute atomic E-state index is 3.75. The van der Waals surface area contributed by atoms with Crippen LogP contribution in [0.3, 0.4) is 0 Å². The van der Waals surface area contributed by atoms with E-state index in [0.717, 1.165) is 19.0 Å². The molecule has 1 heterocycles. The fourth-order valence-corrected chi connectivity index (χ4v) is 2.91. The van der Waals surface area contributed by atoms with E-state index in [2.05, 4.69) is 66.9 Å². The third-order valence-electron chi connectivity index (χ3n) is 4.32. The van der Waals surface area contributed by atoms with Gasteiger partial charge in [-0.2, -0.15) is 0 Å². The highest BCUT2D eigenvalue weighted by Gasteiger charge is 2.24. The third kappa shape index (κ3) is 2.51. The van der Waals surface area contributed by atoms with Gasteiger partial charge in [0.15, 0.2) is 0 Å². The Morgan fingerprint density at radius 1 is 1.05 bits per heavy atom. The summed E-state index contributed by atoms with van der Waals surface area (Å²) in [4.78, 5) is 0. The molecule has 0 bridgehead atoms. The summed E-state index contributed by atoms with van der Waals surface area (Å²) in [5.74, 6) is 0.775. The molecular weight excluding hydrogens is 232 g/mol. The van der Waals surface area contributed by atoms with Crippen molar-refractivity contribution in [3.8, 4) is 0 Å². The minimum atomic E-state index is 0.390. The Kier molecular flexibility index (Phi) is 3.54. The summed E-state index contributed by atoms with van der Waals surface area (Å²) in [6.45, 7) is 6.87. The van der Waals surface area contributed by atoms with E-state index in [1.54, 1.807) is 0 Å². The Labute approximate surface area is 115 Å². The fraction of sp³-hybridized carbons (Fsp3) is 0.412. The second-order valence-electron chi connectivity index (χ2n) is 5.66. The van der Waals surface area contributed by atoms with Crippen molar-refractivity contribution in [1.82, 2.24) is 10.6 Å². The Morgan fingerprint density at radius 2 is 1.79 bits per heavy atom. The molecule has 2 heteroatoms. The van der Waals surface area contributed by atoms with Crippen molar-refractivity contribution < 1.29 is 0 Å². The van der Waals surface area contributed by atoms with Crippen LogP contribution >= 0.6 is 0 Å². The molecule has 2 aromatic rings. The van der Waals surface area contributed by atoms with E-state index in [-0.39, 0.29) is 0 Å². The van der Waals surface area contributed by atoms with Gasteiger partial charge in [-0.3, -0.25) is 0 Å². The average molecular weight is 254 g/mol. The molecule has 0 aromatic heterocycles. The maximum Gasteiger partial charge on any atom is 0.0300 e. The van der Waals surface area contributed by atoms with Crippen LogP contribution in [0.2, 0.25) is 0 Å². The van der Waals surface area contributed by atoms with Crippen molar-refractivity contribution in [2.24, 2.45) is 5.92 Å². The van der Waals surface area contributed by atoms with Gasteiger partial charge in [-0.15, -0.1) is 0 Å². The summed E-state index contributed by atoms with van der Waals surface area (Å²) in [6.07, 6.45) is 0. The molecule has 0 radical (unpaired) electrons. The van der Waals surface area contributed by atoms with Crippen LogP contribution in [0.5, 0.6) is 0 Å². The van der Waals surface area contributed by atoms with Crippen LogP contribution in [0.4, 0.5) is 0 Å². The second kappa shape index (κ2) is 5.32. The molecule has 0 aliphatic carbocycles. The van der Waals surface area contributed by atoms with E-state index in [1.807, 2.05) is 0 Å². The maximum atomic E-state index is 3.75. The highest BCUT2D eigenvalue weighted by atomic mass is 15.0. The Morgan fingerprint density at radius 3 is 2.53 bits per heavy atom. The molecular formula is C17H22N2. The first-order chi connectivity index (χ1) is 9.25. The fourth-order valence-electron chi connectivity index (χ4n) is 2.91. The van der Waals surface area contributed by atoms with Gasteiger partial charge >= 0.3 is 0 Å². The van der Waals surface area contributed by atoms with E-state index in [1.165, 1.54) is 16.3 Å². The van der Waals surface area contributed by atoms with Crippen LogP contribution in [-0.4, -0.2) is 19.1 Å². The lowest BCUT2D eigenvalue weighted by molar-refractivity contribution is 0.256. The predicted octanol–water partition coefficient (Wildman–Crippen LogP) is 3.10. The molecule has 2 atom stereocenters. The van der Waals surface area contributed by atoms with Crippen molar-refractivity contribution in [2.75, 3.05) is 13.1 Å². The SMILES string of the molecule is CC(N[C@H](C)c1cccc2ccccc12)C1CNC1. The van der Waals surface area contributed by atoms with Crippen molar-refractivity contribution in [3.63, 3.8) is 0 Å². The smallest absolute Gasteiger partial charge is 0.0300 e. The van der Waals surface area contributed by atoms with E-state index in [9.17, 15) is 0 Å². The molecule has 3 rings (SSSR count). The number of hydrogen-bond donors (Lipinski definition) is 2. The topological polar surface area (TPSA) is 24.1 Å². The van der Waals surface area contributed by atoms with Gasteiger partial charge in [-0.05, 0) is 36.1 Å². The molecule has 1 fully saturated rings. The molecule has 2 aromatic carbocycles. The summed E-state index contributed by atoms with van der Waals surface area (Å²) in [6, 6.07) is 16.2. The third-order valence-corrected chi connectivity index (χ3v) is 4.32. The number of nitrogens with one attached hydrogen (secondary N) is 2. The van der Waals surface area contributed by atoms with E-state index < -0.39 is 0 Å². The number of fused-ring (bicyclic) bond motifs is 1. The monoisotopic (exact) mass is 254 g/mol. The van der Waals surface area contributed by atoms with Crippen molar-refractivity contribution in [1.29, 1.82) is 0 Å². The average Bonchev–Trinajstić information content (AvgIpc) is 2.35. The number of benzene rings is 2. The molecule has 1 aliphatic rings. The van der Waals surface area contributed by atoms with Gasteiger partial charge in [0.05, 0.1) is 0 Å². The minimum absolute atomic E-state index is 0.390. The van der Waals surface area contributed by atoms with Gasteiger partial charge in [0.2, 0.25) is 0 Å². The van der Waals surface area contributed by atoms with E-state index in [4.69, 9.17) is 0 Å². The first kappa shape index (κ1) is 12.6. The highest BCUT2D eigenvalue weighted by Crippen LogP contribution is 2.25. The summed E-state index contributed by atoms with van der Waals surface area (Å²) in [7, 11) is 0. The van der Waals surface area contributed by atoms with Gasteiger partial charge in [-0.25, -0.2) is 0 Å². The molecule has 100 valence electrons. The van der Waals surface area contributed by atoms with Crippen LogP contribution < -0.4 is 10.6 Å². The largest absolute Gasteiger partial charge is 0.316 e. The lowest BCUT2D eigenvalue weighted by Gasteiger charge is -2.35. The summed E-state index contributed by atoms with van der Waals surface area (Å²) < 4.78 is 0.